The Labute approximate surface area is 167 Å². The number of carbonyl (C=O) groups excluding carboxylic acids is 1. The molecule has 2 aromatic carbocycles. The van der Waals surface area contributed by atoms with Gasteiger partial charge >= 0.3 is 0 Å². The summed E-state index contributed by atoms with van der Waals surface area (Å²) in [7, 11) is -3.60. The molecule has 0 bridgehead atoms. The summed E-state index contributed by atoms with van der Waals surface area (Å²) >= 11 is 0. The Balaban J connectivity index is 1.62. The maximum absolute atomic E-state index is 13.2. The number of carbonyl (C=O) groups is 1. The summed E-state index contributed by atoms with van der Waals surface area (Å²) in [6, 6.07) is 14.9. The number of hydrogen-bond donors (Lipinski definition) is 0. The van der Waals surface area contributed by atoms with Crippen LogP contribution in [0.2, 0.25) is 0 Å². The highest BCUT2D eigenvalue weighted by Gasteiger charge is 2.40. The molecule has 148 valence electrons. The van der Waals surface area contributed by atoms with Gasteiger partial charge < -0.3 is 4.90 Å². The van der Waals surface area contributed by atoms with E-state index in [9.17, 15) is 13.2 Å². The zero-order valence-corrected chi connectivity index (χ0v) is 17.2. The molecule has 1 unspecified atom stereocenters. The monoisotopic (exact) mass is 398 g/mol. The first-order chi connectivity index (χ1) is 13.4. The minimum atomic E-state index is -3.60. The van der Waals surface area contributed by atoms with Crippen LogP contribution in [-0.2, 0) is 27.8 Å². The highest BCUT2D eigenvalue weighted by atomic mass is 32.2. The third kappa shape index (κ3) is 3.47. The number of fused-ring (bicyclic) bond motifs is 1. The Morgan fingerprint density at radius 2 is 1.86 bits per heavy atom. The van der Waals surface area contributed by atoms with Gasteiger partial charge in [-0.3, -0.25) is 4.79 Å². The first-order valence-electron chi connectivity index (χ1n) is 9.92. The number of anilines is 1. The molecule has 1 fully saturated rings. The van der Waals surface area contributed by atoms with Crippen molar-refractivity contribution in [3.05, 3.63) is 59.7 Å². The van der Waals surface area contributed by atoms with Gasteiger partial charge in [-0.1, -0.05) is 37.3 Å². The van der Waals surface area contributed by atoms with Gasteiger partial charge in [0.1, 0.15) is 0 Å². The Morgan fingerprint density at radius 3 is 2.50 bits per heavy atom. The molecule has 6 heteroatoms. The van der Waals surface area contributed by atoms with Crippen LogP contribution < -0.4 is 4.90 Å². The minimum absolute atomic E-state index is 0.0765. The molecule has 0 saturated heterocycles. The number of amides is 1. The average Bonchev–Trinajstić information content (AvgIpc) is 3.48. The van der Waals surface area contributed by atoms with Crippen LogP contribution in [0.25, 0.3) is 0 Å². The zero-order chi connectivity index (χ0) is 19.9. The van der Waals surface area contributed by atoms with E-state index in [0.717, 1.165) is 29.7 Å². The Morgan fingerprint density at radius 1 is 1.14 bits per heavy atom. The zero-order valence-electron chi connectivity index (χ0n) is 16.3. The second-order valence-electron chi connectivity index (χ2n) is 7.74. The van der Waals surface area contributed by atoms with Crippen LogP contribution in [0.15, 0.2) is 53.4 Å². The molecule has 4 rings (SSSR count). The van der Waals surface area contributed by atoms with Crippen LogP contribution in [0.5, 0.6) is 0 Å². The third-order valence-corrected chi connectivity index (χ3v) is 7.54. The molecule has 1 heterocycles. The Bertz CT molecular complexity index is 984. The quantitative estimate of drug-likeness (QED) is 0.747. The topological polar surface area (TPSA) is 57.7 Å². The van der Waals surface area contributed by atoms with Crippen molar-refractivity contribution >= 4 is 21.6 Å². The van der Waals surface area contributed by atoms with Crippen molar-refractivity contribution < 1.29 is 13.2 Å². The third-order valence-electron chi connectivity index (χ3n) is 5.62. The highest BCUT2D eigenvalue weighted by molar-refractivity contribution is 7.89. The maximum atomic E-state index is 13.2. The van der Waals surface area contributed by atoms with Gasteiger partial charge in [0.25, 0.3) is 0 Å². The van der Waals surface area contributed by atoms with Crippen LogP contribution in [0.1, 0.15) is 37.8 Å². The molecule has 0 radical (unpaired) electrons. The molecule has 0 aromatic heterocycles. The molecule has 1 aliphatic carbocycles. The molecule has 1 saturated carbocycles. The number of hydrogen-bond acceptors (Lipinski definition) is 3. The van der Waals surface area contributed by atoms with E-state index >= 15 is 0 Å². The van der Waals surface area contributed by atoms with Crippen molar-refractivity contribution in [1.82, 2.24) is 4.31 Å². The van der Waals surface area contributed by atoms with Gasteiger partial charge in [0.05, 0.1) is 4.90 Å². The van der Waals surface area contributed by atoms with E-state index in [-0.39, 0.29) is 17.9 Å². The van der Waals surface area contributed by atoms with E-state index in [1.54, 1.807) is 12.1 Å². The van der Waals surface area contributed by atoms with Gasteiger partial charge in [0.2, 0.25) is 15.9 Å². The molecule has 2 aliphatic rings. The Kier molecular flexibility index (Phi) is 5.02. The fourth-order valence-electron chi connectivity index (χ4n) is 3.93. The van der Waals surface area contributed by atoms with Crippen molar-refractivity contribution in [3.8, 4) is 0 Å². The van der Waals surface area contributed by atoms with Crippen LogP contribution >= 0.6 is 0 Å². The number of nitrogens with zero attached hydrogens (tertiary/aromatic N) is 2. The molecule has 0 spiro atoms. The van der Waals surface area contributed by atoms with Crippen molar-refractivity contribution in [1.29, 1.82) is 0 Å². The fraction of sp³-hybridized carbons (Fsp3) is 0.409. The van der Waals surface area contributed by atoms with E-state index < -0.39 is 10.0 Å². The van der Waals surface area contributed by atoms with E-state index in [1.165, 1.54) is 4.31 Å². The van der Waals surface area contributed by atoms with Gasteiger partial charge in [-0.05, 0) is 55.5 Å². The lowest BCUT2D eigenvalue weighted by molar-refractivity contribution is -0.120. The standard InChI is InChI=1S/C22H26N2O3S/c1-3-23(15-17-7-5-4-6-8-17)28(26,27)20-11-12-21-19(14-20)13-16(2)24(21)22(25)18-9-10-18/h4-8,11-12,14,16,18H,3,9-10,13,15H2,1-2H3. The number of rotatable bonds is 6. The number of benzene rings is 2. The molecular weight excluding hydrogens is 372 g/mol. The summed E-state index contributed by atoms with van der Waals surface area (Å²) in [4.78, 5) is 14.8. The maximum Gasteiger partial charge on any atom is 0.243 e. The van der Waals surface area contributed by atoms with Crippen LogP contribution in [0.3, 0.4) is 0 Å². The van der Waals surface area contributed by atoms with Crippen molar-refractivity contribution in [2.75, 3.05) is 11.4 Å². The predicted octanol–water partition coefficient (Wildman–Crippen LogP) is 3.59. The smallest absolute Gasteiger partial charge is 0.243 e. The van der Waals surface area contributed by atoms with E-state index in [0.29, 0.717) is 24.4 Å². The van der Waals surface area contributed by atoms with Crippen LogP contribution in [-0.4, -0.2) is 31.2 Å². The second kappa shape index (κ2) is 7.33. The lowest BCUT2D eigenvalue weighted by Gasteiger charge is -2.23. The van der Waals surface area contributed by atoms with Crippen molar-refractivity contribution in [3.63, 3.8) is 0 Å². The van der Waals surface area contributed by atoms with Crippen molar-refractivity contribution in [2.45, 2.75) is 50.6 Å². The van der Waals surface area contributed by atoms with E-state index in [4.69, 9.17) is 0 Å². The largest absolute Gasteiger partial charge is 0.309 e. The van der Waals surface area contributed by atoms with Gasteiger partial charge in [0.15, 0.2) is 0 Å². The summed E-state index contributed by atoms with van der Waals surface area (Å²) in [5.41, 5.74) is 2.77. The minimum Gasteiger partial charge on any atom is -0.309 e. The van der Waals surface area contributed by atoms with Crippen LogP contribution in [0, 0.1) is 5.92 Å². The summed E-state index contributed by atoms with van der Waals surface area (Å²) < 4.78 is 28.0. The lowest BCUT2D eigenvalue weighted by Crippen LogP contribution is -2.36. The van der Waals surface area contributed by atoms with Gasteiger partial charge in [-0.25, -0.2) is 8.42 Å². The van der Waals surface area contributed by atoms with Gasteiger partial charge in [-0.2, -0.15) is 4.31 Å². The lowest BCUT2D eigenvalue weighted by atomic mass is 10.1. The van der Waals surface area contributed by atoms with E-state index in [2.05, 4.69) is 0 Å². The van der Waals surface area contributed by atoms with Crippen LogP contribution in [0.4, 0.5) is 5.69 Å². The number of sulfonamides is 1. The normalized spacial score (nSPS) is 19.1. The van der Waals surface area contributed by atoms with Crippen molar-refractivity contribution in [2.24, 2.45) is 5.92 Å². The van der Waals surface area contributed by atoms with Gasteiger partial charge in [-0.15, -0.1) is 0 Å². The molecule has 1 aliphatic heterocycles. The summed E-state index contributed by atoms with van der Waals surface area (Å²) in [6.07, 6.45) is 2.63. The summed E-state index contributed by atoms with van der Waals surface area (Å²) in [5.74, 6) is 0.333. The van der Waals surface area contributed by atoms with E-state index in [1.807, 2.05) is 55.1 Å². The van der Waals surface area contributed by atoms with Gasteiger partial charge in [0, 0.05) is 30.7 Å². The molecule has 2 aromatic rings. The summed E-state index contributed by atoms with van der Waals surface area (Å²) in [6.45, 7) is 4.63. The molecular formula is C22H26N2O3S. The molecule has 1 amide bonds. The SMILES string of the molecule is CCN(Cc1ccccc1)S(=O)(=O)c1ccc2c(c1)CC(C)N2C(=O)C1CC1. The summed E-state index contributed by atoms with van der Waals surface area (Å²) in [5, 5.41) is 0. The molecule has 28 heavy (non-hydrogen) atoms. The second-order valence-corrected chi connectivity index (χ2v) is 9.68. The predicted molar refractivity (Wildman–Crippen MR) is 110 cm³/mol. The average molecular weight is 399 g/mol. The first-order valence-corrected chi connectivity index (χ1v) is 11.4. The molecule has 5 nitrogen and oxygen atoms in total. The molecule has 1 atom stereocenters. The molecule has 0 N–H and O–H groups in total. The first kappa shape index (κ1) is 19.2. The highest BCUT2D eigenvalue weighted by Crippen LogP contribution is 2.39. The Hall–Kier alpha value is -2.18. The fourth-order valence-corrected chi connectivity index (χ4v) is 5.42.